The summed E-state index contributed by atoms with van der Waals surface area (Å²) in [5, 5.41) is 5.37. The number of carbonyl (C=O) groups is 1. The molecular weight excluding hydrogens is 382 g/mol. The molecule has 1 aliphatic heterocycles. The number of hydrogen-bond acceptors (Lipinski definition) is 5. The molecule has 0 unspecified atom stereocenters. The fourth-order valence-corrected chi connectivity index (χ4v) is 4.55. The van der Waals surface area contributed by atoms with Gasteiger partial charge >= 0.3 is 0 Å². The second-order valence-corrected chi connectivity index (χ2v) is 8.18. The van der Waals surface area contributed by atoms with E-state index in [2.05, 4.69) is 22.0 Å². The van der Waals surface area contributed by atoms with Crippen LogP contribution in [0.25, 0.3) is 22.2 Å². The van der Waals surface area contributed by atoms with Crippen LogP contribution in [0.4, 0.5) is 0 Å². The van der Waals surface area contributed by atoms with E-state index in [0.717, 1.165) is 65.5 Å². The van der Waals surface area contributed by atoms with Gasteiger partial charge in [0.1, 0.15) is 10.7 Å². The molecule has 1 amide bonds. The van der Waals surface area contributed by atoms with E-state index in [1.807, 2.05) is 52.7 Å². The Labute approximate surface area is 173 Å². The topological polar surface area (TPSA) is 49.6 Å². The van der Waals surface area contributed by atoms with E-state index < -0.39 is 0 Å². The fraction of sp³-hybridized carbons (Fsp3) is 0.217. The molecule has 1 saturated heterocycles. The molecule has 0 N–H and O–H groups in total. The highest BCUT2D eigenvalue weighted by Gasteiger charge is 2.23. The lowest BCUT2D eigenvalue weighted by Gasteiger charge is -2.34. The molecule has 3 heterocycles. The number of furan rings is 1. The number of nitrogens with zero attached hydrogens (tertiary/aromatic N) is 3. The molecule has 0 saturated carbocycles. The van der Waals surface area contributed by atoms with Gasteiger partial charge in [0, 0.05) is 37.1 Å². The van der Waals surface area contributed by atoms with Gasteiger partial charge in [0.2, 0.25) is 0 Å². The van der Waals surface area contributed by atoms with Crippen molar-refractivity contribution in [2.45, 2.75) is 6.54 Å². The maximum Gasteiger partial charge on any atom is 0.253 e. The lowest BCUT2D eigenvalue weighted by molar-refractivity contribution is 0.0628. The SMILES string of the molecule is O=C(c1ccc2ccccc2c1)N1CCN(Cc2nc(-c3ccco3)cs2)CC1. The van der Waals surface area contributed by atoms with Crippen LogP contribution in [-0.4, -0.2) is 46.9 Å². The first kappa shape index (κ1) is 18.1. The number of thiazole rings is 1. The minimum atomic E-state index is 0.116. The van der Waals surface area contributed by atoms with Crippen LogP contribution < -0.4 is 0 Å². The van der Waals surface area contributed by atoms with Crippen molar-refractivity contribution < 1.29 is 9.21 Å². The molecule has 2 aromatic heterocycles. The first-order chi connectivity index (χ1) is 14.3. The van der Waals surface area contributed by atoms with Gasteiger partial charge in [-0.25, -0.2) is 4.98 Å². The predicted octanol–water partition coefficient (Wildman–Crippen LogP) is 4.51. The van der Waals surface area contributed by atoms with Gasteiger partial charge in [-0.2, -0.15) is 0 Å². The zero-order chi connectivity index (χ0) is 19.6. The molecular formula is C23H21N3O2S. The van der Waals surface area contributed by atoms with Gasteiger partial charge in [0.05, 0.1) is 12.8 Å². The number of fused-ring (bicyclic) bond motifs is 1. The Morgan fingerprint density at radius 2 is 1.83 bits per heavy atom. The van der Waals surface area contributed by atoms with Crippen molar-refractivity contribution in [2.24, 2.45) is 0 Å². The van der Waals surface area contributed by atoms with Crippen LogP contribution >= 0.6 is 11.3 Å². The van der Waals surface area contributed by atoms with E-state index in [4.69, 9.17) is 4.42 Å². The van der Waals surface area contributed by atoms with Gasteiger partial charge in [-0.05, 0) is 35.0 Å². The monoisotopic (exact) mass is 403 g/mol. The molecule has 146 valence electrons. The van der Waals surface area contributed by atoms with Crippen molar-refractivity contribution in [2.75, 3.05) is 26.2 Å². The summed E-state index contributed by atoms with van der Waals surface area (Å²) >= 11 is 1.65. The average molecular weight is 404 g/mol. The maximum atomic E-state index is 12.9. The van der Waals surface area contributed by atoms with Gasteiger partial charge in [-0.15, -0.1) is 11.3 Å². The molecule has 0 atom stereocenters. The molecule has 4 aromatic rings. The van der Waals surface area contributed by atoms with Crippen LogP contribution in [0.15, 0.2) is 70.7 Å². The van der Waals surface area contributed by atoms with E-state index in [9.17, 15) is 4.79 Å². The normalized spacial score (nSPS) is 15.1. The summed E-state index contributed by atoms with van der Waals surface area (Å²) in [5.41, 5.74) is 1.65. The number of piperazine rings is 1. The van der Waals surface area contributed by atoms with Crippen molar-refractivity contribution in [3.8, 4) is 11.5 Å². The van der Waals surface area contributed by atoms with Crippen LogP contribution in [0.1, 0.15) is 15.4 Å². The Bertz CT molecular complexity index is 1130. The van der Waals surface area contributed by atoms with Crippen molar-refractivity contribution in [3.05, 3.63) is 76.8 Å². The van der Waals surface area contributed by atoms with Crippen LogP contribution in [0, 0.1) is 0 Å². The number of rotatable bonds is 4. The first-order valence-electron chi connectivity index (χ1n) is 9.75. The second kappa shape index (κ2) is 7.81. The zero-order valence-electron chi connectivity index (χ0n) is 16.0. The van der Waals surface area contributed by atoms with Gasteiger partial charge < -0.3 is 9.32 Å². The number of carbonyl (C=O) groups excluding carboxylic acids is 1. The van der Waals surface area contributed by atoms with Crippen LogP contribution in [0.3, 0.4) is 0 Å². The summed E-state index contributed by atoms with van der Waals surface area (Å²) in [6.07, 6.45) is 1.67. The van der Waals surface area contributed by atoms with E-state index in [1.165, 1.54) is 0 Å². The number of aromatic nitrogens is 1. The fourth-order valence-electron chi connectivity index (χ4n) is 3.73. The molecule has 2 aromatic carbocycles. The van der Waals surface area contributed by atoms with E-state index in [1.54, 1.807) is 17.6 Å². The predicted molar refractivity (Wildman–Crippen MR) is 115 cm³/mol. The smallest absolute Gasteiger partial charge is 0.253 e. The number of hydrogen-bond donors (Lipinski definition) is 0. The Kier molecular flexibility index (Phi) is 4.87. The van der Waals surface area contributed by atoms with Crippen molar-refractivity contribution in [1.29, 1.82) is 0 Å². The Morgan fingerprint density at radius 3 is 2.62 bits per heavy atom. The molecule has 0 radical (unpaired) electrons. The molecule has 6 heteroatoms. The van der Waals surface area contributed by atoms with Gasteiger partial charge in [-0.1, -0.05) is 30.3 Å². The molecule has 5 nitrogen and oxygen atoms in total. The zero-order valence-corrected chi connectivity index (χ0v) is 16.8. The summed E-state index contributed by atoms with van der Waals surface area (Å²) in [4.78, 5) is 21.9. The van der Waals surface area contributed by atoms with Gasteiger partial charge in [0.25, 0.3) is 5.91 Å². The summed E-state index contributed by atoms with van der Waals surface area (Å²) in [6.45, 7) is 4.00. The summed E-state index contributed by atoms with van der Waals surface area (Å²) in [7, 11) is 0. The van der Waals surface area contributed by atoms with E-state index >= 15 is 0 Å². The van der Waals surface area contributed by atoms with Crippen LogP contribution in [-0.2, 0) is 6.54 Å². The third-order valence-electron chi connectivity index (χ3n) is 5.34. The highest BCUT2D eigenvalue weighted by atomic mass is 32.1. The summed E-state index contributed by atoms with van der Waals surface area (Å²) in [5.74, 6) is 0.919. The minimum absolute atomic E-state index is 0.116. The van der Waals surface area contributed by atoms with Crippen LogP contribution in [0.2, 0.25) is 0 Å². The second-order valence-electron chi connectivity index (χ2n) is 7.23. The third-order valence-corrected chi connectivity index (χ3v) is 6.17. The molecule has 0 bridgehead atoms. The van der Waals surface area contributed by atoms with Crippen molar-refractivity contribution >= 4 is 28.0 Å². The third kappa shape index (κ3) is 3.81. The summed E-state index contributed by atoms with van der Waals surface area (Å²) in [6, 6.07) is 17.9. The molecule has 5 rings (SSSR count). The highest BCUT2D eigenvalue weighted by molar-refractivity contribution is 7.09. The largest absolute Gasteiger partial charge is 0.463 e. The Morgan fingerprint density at radius 1 is 1.00 bits per heavy atom. The molecule has 1 fully saturated rings. The van der Waals surface area contributed by atoms with Crippen LogP contribution in [0.5, 0.6) is 0 Å². The molecule has 29 heavy (non-hydrogen) atoms. The molecule has 0 spiro atoms. The van der Waals surface area contributed by atoms with Crippen molar-refractivity contribution in [3.63, 3.8) is 0 Å². The average Bonchev–Trinajstić information content (AvgIpc) is 3.45. The molecule has 1 aliphatic rings. The Balaban J connectivity index is 1.20. The Hall–Kier alpha value is -2.96. The number of amides is 1. The highest BCUT2D eigenvalue weighted by Crippen LogP contribution is 2.23. The van der Waals surface area contributed by atoms with Gasteiger partial charge in [-0.3, -0.25) is 9.69 Å². The number of benzene rings is 2. The minimum Gasteiger partial charge on any atom is -0.463 e. The lowest BCUT2D eigenvalue weighted by Crippen LogP contribution is -2.48. The van der Waals surface area contributed by atoms with E-state index in [-0.39, 0.29) is 5.91 Å². The lowest BCUT2D eigenvalue weighted by atomic mass is 10.1. The maximum absolute atomic E-state index is 12.9. The quantitative estimate of drug-likeness (QED) is 0.503. The molecule has 0 aliphatic carbocycles. The van der Waals surface area contributed by atoms with Gasteiger partial charge in [0.15, 0.2) is 5.76 Å². The van der Waals surface area contributed by atoms with Crippen molar-refractivity contribution in [1.82, 2.24) is 14.8 Å². The van der Waals surface area contributed by atoms with E-state index in [0.29, 0.717) is 0 Å². The first-order valence-corrected chi connectivity index (χ1v) is 10.6. The summed E-state index contributed by atoms with van der Waals surface area (Å²) < 4.78 is 5.42. The standard InChI is InChI=1S/C23H21N3O2S/c27-23(19-8-7-17-4-1-2-5-18(17)14-19)26-11-9-25(10-12-26)15-22-24-20(16-29-22)21-6-3-13-28-21/h1-8,13-14,16H,9-12,15H2.